The van der Waals surface area contributed by atoms with Crippen LogP contribution in [0.5, 0.6) is 6.01 Å². The van der Waals surface area contributed by atoms with Gasteiger partial charge in [-0.15, -0.1) is 0 Å². The molecule has 0 amide bonds. The molecule has 0 aromatic carbocycles. The number of nitrogens with zero attached hydrogens (tertiary/aromatic N) is 3. The van der Waals surface area contributed by atoms with Crippen LogP contribution in [0.1, 0.15) is 39.0 Å². The fourth-order valence-corrected chi connectivity index (χ4v) is 3.34. The van der Waals surface area contributed by atoms with E-state index in [1.165, 1.54) is 19.3 Å². The molecule has 7 heteroatoms. The van der Waals surface area contributed by atoms with E-state index in [1.807, 2.05) is 18.7 Å². The molecular formula is C13H23N5OS. The second-order valence-corrected chi connectivity index (χ2v) is 6.03. The lowest BCUT2D eigenvalue weighted by Crippen LogP contribution is -2.35. The first kappa shape index (κ1) is 15.2. The number of ether oxygens (including phenoxy) is 1. The third-order valence-corrected chi connectivity index (χ3v) is 4.56. The van der Waals surface area contributed by atoms with Crippen molar-refractivity contribution in [2.75, 3.05) is 23.9 Å². The number of anilines is 2. The van der Waals surface area contributed by atoms with E-state index >= 15 is 0 Å². The van der Waals surface area contributed by atoms with Gasteiger partial charge in [0.1, 0.15) is 0 Å². The van der Waals surface area contributed by atoms with E-state index in [0.29, 0.717) is 29.9 Å². The molecule has 2 atom stereocenters. The van der Waals surface area contributed by atoms with Crippen LogP contribution in [0.15, 0.2) is 0 Å². The average Bonchev–Trinajstić information content (AvgIpc) is 2.45. The zero-order valence-corrected chi connectivity index (χ0v) is 12.9. The third kappa shape index (κ3) is 4.13. The zero-order valence-electron chi connectivity index (χ0n) is 12.1. The van der Waals surface area contributed by atoms with Crippen LogP contribution in [-0.2, 0) is 0 Å². The monoisotopic (exact) mass is 297 g/mol. The van der Waals surface area contributed by atoms with Crippen molar-refractivity contribution < 1.29 is 4.74 Å². The number of aromatic nitrogens is 3. The predicted octanol–water partition coefficient (Wildman–Crippen LogP) is 2.33. The Bertz CT molecular complexity index is 431. The summed E-state index contributed by atoms with van der Waals surface area (Å²) in [4.78, 5) is 12.4. The standard InChI is InChI=1S/C13H23N5OS/c1-3-8-19-13-17-11(14)16-12(18-13)15-9-6-4-5-7-10(9)20-2/h9-10H,3-8H2,1-2H3,(H3,14,15,16,17,18). The summed E-state index contributed by atoms with van der Waals surface area (Å²) in [5.41, 5.74) is 5.72. The average molecular weight is 297 g/mol. The van der Waals surface area contributed by atoms with E-state index in [0.717, 1.165) is 12.8 Å². The van der Waals surface area contributed by atoms with Crippen molar-refractivity contribution in [3.05, 3.63) is 0 Å². The van der Waals surface area contributed by atoms with Crippen molar-refractivity contribution in [3.63, 3.8) is 0 Å². The summed E-state index contributed by atoms with van der Waals surface area (Å²) in [5, 5.41) is 4.00. The maximum Gasteiger partial charge on any atom is 0.323 e. The van der Waals surface area contributed by atoms with Crippen molar-refractivity contribution in [1.82, 2.24) is 15.0 Å². The maximum atomic E-state index is 5.72. The van der Waals surface area contributed by atoms with E-state index in [4.69, 9.17) is 10.5 Å². The number of hydrogen-bond donors (Lipinski definition) is 2. The van der Waals surface area contributed by atoms with Crippen molar-refractivity contribution in [1.29, 1.82) is 0 Å². The van der Waals surface area contributed by atoms with Crippen LogP contribution >= 0.6 is 11.8 Å². The summed E-state index contributed by atoms with van der Waals surface area (Å²) in [6, 6.07) is 0.693. The molecule has 1 aliphatic rings. The molecule has 1 heterocycles. The second kappa shape index (κ2) is 7.52. The number of nitrogen functional groups attached to an aromatic ring is 1. The van der Waals surface area contributed by atoms with Gasteiger partial charge in [-0.3, -0.25) is 0 Å². The summed E-state index contributed by atoms with van der Waals surface area (Å²) >= 11 is 1.90. The lowest BCUT2D eigenvalue weighted by molar-refractivity contribution is 0.292. The number of hydrogen-bond acceptors (Lipinski definition) is 7. The van der Waals surface area contributed by atoms with E-state index in [2.05, 4.69) is 26.5 Å². The second-order valence-electron chi connectivity index (χ2n) is 4.96. The van der Waals surface area contributed by atoms with Gasteiger partial charge in [-0.25, -0.2) is 0 Å². The van der Waals surface area contributed by atoms with Gasteiger partial charge < -0.3 is 15.8 Å². The van der Waals surface area contributed by atoms with Crippen molar-refractivity contribution in [3.8, 4) is 6.01 Å². The van der Waals surface area contributed by atoms with E-state index < -0.39 is 0 Å². The molecule has 1 fully saturated rings. The van der Waals surface area contributed by atoms with Gasteiger partial charge in [0.25, 0.3) is 0 Å². The van der Waals surface area contributed by atoms with E-state index in [-0.39, 0.29) is 5.95 Å². The van der Waals surface area contributed by atoms with Crippen LogP contribution in [0.3, 0.4) is 0 Å². The summed E-state index contributed by atoms with van der Waals surface area (Å²) in [6.07, 6.45) is 7.98. The topological polar surface area (TPSA) is 86.0 Å². The number of thioether (sulfide) groups is 1. The Morgan fingerprint density at radius 3 is 2.85 bits per heavy atom. The number of nitrogens with one attached hydrogen (secondary N) is 1. The highest BCUT2D eigenvalue weighted by Crippen LogP contribution is 2.29. The Hall–Kier alpha value is -1.24. The molecular weight excluding hydrogens is 274 g/mol. The van der Waals surface area contributed by atoms with Gasteiger partial charge >= 0.3 is 6.01 Å². The molecule has 2 rings (SSSR count). The molecule has 112 valence electrons. The normalized spacial score (nSPS) is 22.5. The summed E-state index contributed by atoms with van der Waals surface area (Å²) in [7, 11) is 0. The number of rotatable bonds is 6. The Morgan fingerprint density at radius 1 is 1.30 bits per heavy atom. The lowest BCUT2D eigenvalue weighted by Gasteiger charge is -2.30. The molecule has 0 spiro atoms. The molecule has 3 N–H and O–H groups in total. The van der Waals surface area contributed by atoms with Crippen molar-refractivity contribution in [2.24, 2.45) is 0 Å². The smallest absolute Gasteiger partial charge is 0.323 e. The van der Waals surface area contributed by atoms with Crippen molar-refractivity contribution in [2.45, 2.75) is 50.3 Å². The molecule has 0 saturated heterocycles. The largest absolute Gasteiger partial charge is 0.463 e. The maximum absolute atomic E-state index is 5.72. The van der Waals surface area contributed by atoms with E-state index in [9.17, 15) is 0 Å². The van der Waals surface area contributed by atoms with Crippen LogP contribution in [0.2, 0.25) is 0 Å². The Labute approximate surface area is 124 Å². The third-order valence-electron chi connectivity index (χ3n) is 3.39. The van der Waals surface area contributed by atoms with Gasteiger partial charge in [-0.1, -0.05) is 19.8 Å². The highest BCUT2D eigenvalue weighted by atomic mass is 32.2. The van der Waals surface area contributed by atoms with E-state index in [1.54, 1.807) is 0 Å². The zero-order chi connectivity index (χ0) is 14.4. The van der Waals surface area contributed by atoms with Crippen molar-refractivity contribution >= 4 is 23.7 Å². The first-order valence-corrected chi connectivity index (χ1v) is 8.45. The summed E-state index contributed by atoms with van der Waals surface area (Å²) < 4.78 is 5.43. The molecule has 1 aromatic rings. The molecule has 6 nitrogen and oxygen atoms in total. The highest BCUT2D eigenvalue weighted by Gasteiger charge is 2.25. The van der Waals surface area contributed by atoms with Gasteiger partial charge in [0.05, 0.1) is 6.61 Å². The minimum Gasteiger partial charge on any atom is -0.463 e. The van der Waals surface area contributed by atoms with Crippen LogP contribution in [0.4, 0.5) is 11.9 Å². The van der Waals surface area contributed by atoms with Gasteiger partial charge in [0, 0.05) is 11.3 Å². The number of nitrogens with two attached hydrogens (primary N) is 1. The first-order valence-electron chi connectivity index (χ1n) is 7.16. The van der Waals surface area contributed by atoms with Gasteiger partial charge in [0.15, 0.2) is 0 Å². The first-order chi connectivity index (χ1) is 9.72. The van der Waals surface area contributed by atoms with Crippen LogP contribution in [0.25, 0.3) is 0 Å². The van der Waals surface area contributed by atoms with Gasteiger partial charge in [-0.05, 0) is 25.5 Å². The fourth-order valence-electron chi connectivity index (χ4n) is 2.40. The minimum absolute atomic E-state index is 0.199. The molecule has 1 aromatic heterocycles. The van der Waals surface area contributed by atoms with Gasteiger partial charge in [-0.2, -0.15) is 26.7 Å². The Balaban J connectivity index is 2.05. The lowest BCUT2D eigenvalue weighted by atomic mass is 9.95. The minimum atomic E-state index is 0.199. The predicted molar refractivity (Wildman–Crippen MR) is 83.2 cm³/mol. The summed E-state index contributed by atoms with van der Waals surface area (Å²) in [5.74, 6) is 0.722. The summed E-state index contributed by atoms with van der Waals surface area (Å²) in [6.45, 7) is 2.62. The Kier molecular flexibility index (Phi) is 5.70. The highest BCUT2D eigenvalue weighted by molar-refractivity contribution is 7.99. The molecule has 1 saturated carbocycles. The molecule has 2 unspecified atom stereocenters. The quantitative estimate of drug-likeness (QED) is 0.833. The molecule has 0 aliphatic heterocycles. The molecule has 1 aliphatic carbocycles. The van der Waals surface area contributed by atoms with Crippen LogP contribution < -0.4 is 15.8 Å². The Morgan fingerprint density at radius 2 is 2.10 bits per heavy atom. The molecule has 0 bridgehead atoms. The molecule has 20 heavy (non-hydrogen) atoms. The molecule has 0 radical (unpaired) electrons. The SMILES string of the molecule is CCCOc1nc(N)nc(NC2CCCCC2SC)n1. The van der Waals surface area contributed by atoms with Crippen LogP contribution in [-0.4, -0.2) is 39.1 Å². The van der Waals surface area contributed by atoms with Crippen LogP contribution in [0, 0.1) is 0 Å². The fraction of sp³-hybridized carbons (Fsp3) is 0.769. The van der Waals surface area contributed by atoms with Gasteiger partial charge in [0.2, 0.25) is 11.9 Å².